The molecule has 7 nitrogen and oxygen atoms in total. The second kappa shape index (κ2) is 6.51. The lowest BCUT2D eigenvalue weighted by Crippen LogP contribution is -2.51. The lowest BCUT2D eigenvalue weighted by atomic mass is 9.79. The monoisotopic (exact) mass is 417 g/mol. The molecule has 3 fully saturated rings. The van der Waals surface area contributed by atoms with Crippen molar-refractivity contribution in [1.82, 2.24) is 9.80 Å². The van der Waals surface area contributed by atoms with E-state index in [-0.39, 0.29) is 18.4 Å². The Hall–Kier alpha value is -3.48. The number of anilines is 1. The number of fused-ring (bicyclic) bond motifs is 3. The zero-order valence-electron chi connectivity index (χ0n) is 17.6. The number of para-hydroxylation sites is 1. The first-order valence-corrected chi connectivity index (χ1v) is 10.5. The van der Waals surface area contributed by atoms with Gasteiger partial charge in [-0.15, -0.1) is 0 Å². The molecule has 0 spiro atoms. The largest absolute Gasteiger partial charge is 0.332 e. The minimum atomic E-state index is -1.43. The predicted octanol–water partition coefficient (Wildman–Crippen LogP) is 2.90. The van der Waals surface area contributed by atoms with Crippen molar-refractivity contribution < 1.29 is 19.2 Å². The molecular formula is C24H23N3O4. The highest BCUT2D eigenvalue weighted by Crippen LogP contribution is 2.58. The summed E-state index contributed by atoms with van der Waals surface area (Å²) in [7, 11) is 0. The minimum Gasteiger partial charge on any atom is -0.301 e. The number of aryl methyl sites for hydroxylation is 1. The van der Waals surface area contributed by atoms with Crippen molar-refractivity contribution in [1.29, 1.82) is 0 Å². The van der Waals surface area contributed by atoms with Gasteiger partial charge >= 0.3 is 6.03 Å². The van der Waals surface area contributed by atoms with Crippen molar-refractivity contribution in [2.45, 2.75) is 32.4 Å². The van der Waals surface area contributed by atoms with E-state index in [1.54, 1.807) is 44.2 Å². The van der Waals surface area contributed by atoms with Crippen LogP contribution >= 0.6 is 0 Å². The first-order chi connectivity index (χ1) is 14.8. The molecule has 5 rings (SSSR count). The first kappa shape index (κ1) is 19.5. The van der Waals surface area contributed by atoms with Crippen LogP contribution in [0.5, 0.6) is 0 Å². The topological polar surface area (TPSA) is 78.0 Å². The smallest absolute Gasteiger partial charge is 0.301 e. The normalized spacial score (nSPS) is 29.8. The molecule has 0 bridgehead atoms. The van der Waals surface area contributed by atoms with Crippen LogP contribution in [0.4, 0.5) is 10.5 Å². The zero-order valence-corrected chi connectivity index (χ0v) is 17.6. The fourth-order valence-corrected chi connectivity index (χ4v) is 5.47. The Labute approximate surface area is 180 Å². The van der Waals surface area contributed by atoms with Crippen molar-refractivity contribution in [3.05, 3.63) is 65.7 Å². The van der Waals surface area contributed by atoms with E-state index >= 15 is 0 Å². The van der Waals surface area contributed by atoms with Gasteiger partial charge < -0.3 is 4.90 Å². The average Bonchev–Trinajstić information content (AvgIpc) is 3.26. The van der Waals surface area contributed by atoms with E-state index in [4.69, 9.17) is 0 Å². The predicted molar refractivity (Wildman–Crippen MR) is 113 cm³/mol. The summed E-state index contributed by atoms with van der Waals surface area (Å²) in [5, 5.41) is 0. The summed E-state index contributed by atoms with van der Waals surface area (Å²) < 4.78 is 0. The lowest BCUT2D eigenvalue weighted by molar-refractivity contribution is -0.143. The van der Waals surface area contributed by atoms with E-state index in [2.05, 4.69) is 0 Å². The SMILES string of the molecule is CCN1C(=O)[C@H]2[C@@H](c3ccc(C)cc3)N3C(=O)N(c4ccccc4)C(=O)[C@@]3(C)[C@H]2C1=O. The molecule has 0 aliphatic carbocycles. The molecule has 2 aromatic carbocycles. The highest BCUT2D eigenvalue weighted by atomic mass is 16.2. The summed E-state index contributed by atoms with van der Waals surface area (Å²) in [6.45, 7) is 5.57. The van der Waals surface area contributed by atoms with Crippen molar-refractivity contribution in [2.24, 2.45) is 11.8 Å². The number of hydrogen-bond donors (Lipinski definition) is 0. The van der Waals surface area contributed by atoms with Crippen molar-refractivity contribution in [2.75, 3.05) is 11.4 Å². The number of carbonyl (C=O) groups excluding carboxylic acids is 4. The molecule has 5 amide bonds. The van der Waals surface area contributed by atoms with Gasteiger partial charge in [0, 0.05) is 6.54 Å². The van der Waals surface area contributed by atoms with Crippen LogP contribution in [0.25, 0.3) is 0 Å². The molecule has 0 N–H and O–H groups in total. The van der Waals surface area contributed by atoms with Gasteiger partial charge in [0.15, 0.2) is 0 Å². The Balaban J connectivity index is 1.71. The Morgan fingerprint density at radius 3 is 2.16 bits per heavy atom. The number of nitrogens with zero attached hydrogens (tertiary/aromatic N) is 3. The number of urea groups is 1. The Kier molecular flexibility index (Phi) is 4.09. The molecular weight excluding hydrogens is 394 g/mol. The van der Waals surface area contributed by atoms with E-state index in [9.17, 15) is 19.2 Å². The van der Waals surface area contributed by atoms with Crippen LogP contribution in [-0.2, 0) is 14.4 Å². The van der Waals surface area contributed by atoms with Crippen LogP contribution in [0.2, 0.25) is 0 Å². The number of rotatable bonds is 3. The van der Waals surface area contributed by atoms with Crippen molar-refractivity contribution in [3.63, 3.8) is 0 Å². The van der Waals surface area contributed by atoms with Gasteiger partial charge in [-0.2, -0.15) is 0 Å². The number of likely N-dealkylation sites (tertiary alicyclic amines) is 1. The van der Waals surface area contributed by atoms with Crippen molar-refractivity contribution >= 4 is 29.4 Å². The van der Waals surface area contributed by atoms with E-state index in [1.165, 1.54) is 9.80 Å². The molecule has 0 unspecified atom stereocenters. The molecule has 0 aromatic heterocycles. The zero-order chi connectivity index (χ0) is 22.1. The highest BCUT2D eigenvalue weighted by molar-refractivity contribution is 6.26. The van der Waals surface area contributed by atoms with E-state index in [1.807, 2.05) is 31.2 Å². The van der Waals surface area contributed by atoms with Gasteiger partial charge in [-0.3, -0.25) is 19.3 Å². The second-order valence-corrected chi connectivity index (χ2v) is 8.56. The van der Waals surface area contributed by atoms with E-state index < -0.39 is 35.4 Å². The van der Waals surface area contributed by atoms with Crippen molar-refractivity contribution in [3.8, 4) is 0 Å². The van der Waals surface area contributed by atoms with Gasteiger partial charge in [-0.1, -0.05) is 48.0 Å². The average molecular weight is 417 g/mol. The van der Waals surface area contributed by atoms with Gasteiger partial charge in [0.25, 0.3) is 5.91 Å². The molecule has 4 atom stereocenters. The fraction of sp³-hybridized carbons (Fsp3) is 0.333. The Morgan fingerprint density at radius 1 is 0.903 bits per heavy atom. The summed E-state index contributed by atoms with van der Waals surface area (Å²) in [5.41, 5.74) is 0.819. The summed E-state index contributed by atoms with van der Waals surface area (Å²) in [4.78, 5) is 57.8. The maximum absolute atomic E-state index is 13.7. The van der Waals surface area contributed by atoms with Crippen LogP contribution in [0.3, 0.4) is 0 Å². The summed E-state index contributed by atoms with van der Waals surface area (Å²) in [6, 6.07) is 15.1. The van der Waals surface area contributed by atoms with Crippen LogP contribution in [-0.4, -0.2) is 45.6 Å². The summed E-state index contributed by atoms with van der Waals surface area (Å²) in [5.74, 6) is -2.84. The summed E-state index contributed by atoms with van der Waals surface area (Å²) >= 11 is 0. The van der Waals surface area contributed by atoms with Gasteiger partial charge in [-0.05, 0) is 38.5 Å². The lowest BCUT2D eigenvalue weighted by Gasteiger charge is -2.32. The molecule has 0 radical (unpaired) electrons. The van der Waals surface area contributed by atoms with Crippen LogP contribution in [0.15, 0.2) is 54.6 Å². The molecule has 2 aromatic rings. The number of carbonyl (C=O) groups is 4. The fourth-order valence-electron chi connectivity index (χ4n) is 5.47. The third kappa shape index (κ3) is 2.34. The molecule has 0 saturated carbocycles. The number of benzene rings is 2. The van der Waals surface area contributed by atoms with Gasteiger partial charge in [-0.25, -0.2) is 9.69 Å². The van der Waals surface area contributed by atoms with Crippen LogP contribution < -0.4 is 4.90 Å². The molecule has 3 aliphatic heterocycles. The molecule has 3 aliphatic rings. The first-order valence-electron chi connectivity index (χ1n) is 10.5. The number of amides is 5. The Morgan fingerprint density at radius 2 is 1.55 bits per heavy atom. The van der Waals surface area contributed by atoms with Crippen LogP contribution in [0.1, 0.15) is 31.0 Å². The standard InChI is InChI=1S/C24H23N3O4/c1-4-25-20(28)17-18(21(25)29)24(3)22(30)26(16-8-6-5-7-9-16)23(31)27(24)19(17)15-12-10-14(2)11-13-15/h5-13,17-19H,4H2,1-3H3/t17-,18-,19-,24-/m1/s1. The summed E-state index contributed by atoms with van der Waals surface area (Å²) in [6.07, 6.45) is 0. The second-order valence-electron chi connectivity index (χ2n) is 8.56. The van der Waals surface area contributed by atoms with Gasteiger partial charge in [0.05, 0.1) is 23.6 Å². The molecule has 3 saturated heterocycles. The number of imide groups is 2. The third-order valence-corrected chi connectivity index (χ3v) is 6.95. The molecule has 158 valence electrons. The van der Waals surface area contributed by atoms with Gasteiger partial charge in [0.1, 0.15) is 5.54 Å². The molecule has 7 heteroatoms. The molecule has 3 heterocycles. The minimum absolute atomic E-state index is 0.242. The van der Waals surface area contributed by atoms with E-state index in [0.29, 0.717) is 5.69 Å². The third-order valence-electron chi connectivity index (χ3n) is 6.95. The number of hydrogen-bond acceptors (Lipinski definition) is 4. The maximum Gasteiger partial charge on any atom is 0.332 e. The Bertz CT molecular complexity index is 1110. The highest BCUT2D eigenvalue weighted by Gasteiger charge is 2.75. The molecule has 31 heavy (non-hydrogen) atoms. The van der Waals surface area contributed by atoms with Gasteiger partial charge in [0.2, 0.25) is 11.8 Å². The quantitative estimate of drug-likeness (QED) is 0.568. The van der Waals surface area contributed by atoms with E-state index in [0.717, 1.165) is 16.0 Å². The van der Waals surface area contributed by atoms with Crippen LogP contribution in [0, 0.1) is 18.8 Å². The maximum atomic E-state index is 13.7.